The van der Waals surface area contributed by atoms with E-state index < -0.39 is 0 Å². The number of allylic oxidation sites excluding steroid dienone is 3. The van der Waals surface area contributed by atoms with Gasteiger partial charge in [0.1, 0.15) is 0 Å². The van der Waals surface area contributed by atoms with Gasteiger partial charge in [-0.15, -0.1) is 0 Å². The molecule has 0 aliphatic rings. The molecule has 0 bridgehead atoms. The molecule has 0 fully saturated rings. The second-order valence-electron chi connectivity index (χ2n) is 1.74. The van der Waals surface area contributed by atoms with Crippen LogP contribution in [0.3, 0.4) is 0 Å². The lowest BCUT2D eigenvalue weighted by Gasteiger charge is -2.01. The van der Waals surface area contributed by atoms with E-state index in [1.165, 1.54) is 0 Å². The first kappa shape index (κ1) is 8.72. The molecule has 0 saturated carbocycles. The zero-order chi connectivity index (χ0) is 7.98. The number of hydrogen-bond donors (Lipinski definition) is 2. The summed E-state index contributed by atoms with van der Waals surface area (Å²) in [5.74, 6) is 5.07. The van der Waals surface area contributed by atoms with Crippen molar-refractivity contribution >= 4 is 0 Å². The molecule has 0 aliphatic heterocycles. The van der Waals surface area contributed by atoms with Crippen molar-refractivity contribution in [3.8, 4) is 0 Å². The van der Waals surface area contributed by atoms with E-state index in [-0.39, 0.29) is 0 Å². The molecular weight excluding hydrogens is 124 g/mol. The van der Waals surface area contributed by atoms with Crippen molar-refractivity contribution in [1.82, 2.24) is 5.43 Å². The van der Waals surface area contributed by atoms with Crippen molar-refractivity contribution in [2.75, 3.05) is 0 Å². The molecule has 0 rings (SSSR count). The zero-order valence-electron chi connectivity index (χ0n) is 5.93. The maximum Gasteiger partial charge on any atom is 0.0479 e. The second kappa shape index (κ2) is 4.58. The smallest absolute Gasteiger partial charge is 0.0479 e. The van der Waals surface area contributed by atoms with Crippen molar-refractivity contribution in [3.05, 3.63) is 49.2 Å². The number of nitrogens with one attached hydrogen (secondary N) is 1. The Morgan fingerprint density at radius 1 is 1.40 bits per heavy atom. The highest BCUT2D eigenvalue weighted by atomic mass is 15.2. The molecule has 0 spiro atoms. The number of hydrogen-bond acceptors (Lipinski definition) is 2. The fraction of sp³-hybridized carbons (Fsp3) is 0. The van der Waals surface area contributed by atoms with Crippen LogP contribution in [0.15, 0.2) is 49.2 Å². The van der Waals surface area contributed by atoms with Crippen LogP contribution in [0, 0.1) is 0 Å². The Morgan fingerprint density at radius 3 is 2.40 bits per heavy atom. The average molecular weight is 136 g/mol. The van der Waals surface area contributed by atoms with E-state index in [9.17, 15) is 0 Å². The van der Waals surface area contributed by atoms with Gasteiger partial charge in [0.15, 0.2) is 0 Å². The van der Waals surface area contributed by atoms with Gasteiger partial charge in [0.05, 0.1) is 0 Å². The Morgan fingerprint density at radius 2 is 2.00 bits per heavy atom. The summed E-state index contributed by atoms with van der Waals surface area (Å²) in [6, 6.07) is 0. The van der Waals surface area contributed by atoms with Crippen molar-refractivity contribution in [2.45, 2.75) is 0 Å². The SMILES string of the molecule is C=C/C=C\C(=C)C(=C)NN. The lowest BCUT2D eigenvalue weighted by atomic mass is 10.2. The summed E-state index contributed by atoms with van der Waals surface area (Å²) in [5, 5.41) is 0. The summed E-state index contributed by atoms with van der Waals surface area (Å²) in [5.41, 5.74) is 3.76. The first-order chi connectivity index (χ1) is 4.72. The Kier molecular flexibility index (Phi) is 4.00. The predicted molar refractivity (Wildman–Crippen MR) is 44.9 cm³/mol. The molecule has 2 heteroatoms. The molecule has 0 saturated heterocycles. The van der Waals surface area contributed by atoms with Crippen LogP contribution in [0.25, 0.3) is 0 Å². The first-order valence-corrected chi connectivity index (χ1v) is 2.86. The monoisotopic (exact) mass is 136 g/mol. The molecule has 0 atom stereocenters. The number of nitrogens with two attached hydrogens (primary N) is 1. The van der Waals surface area contributed by atoms with Gasteiger partial charge in [0.2, 0.25) is 0 Å². The minimum Gasteiger partial charge on any atom is -0.324 e. The summed E-state index contributed by atoms with van der Waals surface area (Å²) in [6.07, 6.45) is 5.20. The van der Waals surface area contributed by atoms with Crippen LogP contribution < -0.4 is 11.3 Å². The van der Waals surface area contributed by atoms with E-state index in [2.05, 4.69) is 25.2 Å². The van der Waals surface area contributed by atoms with Gasteiger partial charge >= 0.3 is 0 Å². The zero-order valence-corrected chi connectivity index (χ0v) is 5.93. The molecule has 0 aromatic heterocycles. The van der Waals surface area contributed by atoms with Crippen LogP contribution in [-0.2, 0) is 0 Å². The molecular formula is C8H12N2. The van der Waals surface area contributed by atoms with Crippen LogP contribution in [-0.4, -0.2) is 0 Å². The van der Waals surface area contributed by atoms with Crippen LogP contribution in [0.5, 0.6) is 0 Å². The van der Waals surface area contributed by atoms with E-state index in [0.29, 0.717) is 5.70 Å². The third kappa shape index (κ3) is 2.89. The molecule has 0 aromatic carbocycles. The van der Waals surface area contributed by atoms with Gasteiger partial charge in [0.25, 0.3) is 0 Å². The molecule has 54 valence electrons. The quantitative estimate of drug-likeness (QED) is 0.347. The van der Waals surface area contributed by atoms with Gasteiger partial charge in [0, 0.05) is 5.70 Å². The van der Waals surface area contributed by atoms with Gasteiger partial charge in [-0.2, -0.15) is 0 Å². The molecule has 0 heterocycles. The van der Waals surface area contributed by atoms with Gasteiger partial charge in [-0.1, -0.05) is 38.0 Å². The van der Waals surface area contributed by atoms with E-state index in [1.54, 1.807) is 18.2 Å². The molecule has 0 unspecified atom stereocenters. The highest BCUT2D eigenvalue weighted by Gasteiger charge is 1.89. The van der Waals surface area contributed by atoms with Crippen molar-refractivity contribution < 1.29 is 0 Å². The fourth-order valence-electron chi connectivity index (χ4n) is 0.377. The van der Waals surface area contributed by atoms with Crippen molar-refractivity contribution in [2.24, 2.45) is 5.84 Å². The average Bonchev–Trinajstić information content (AvgIpc) is 1.98. The van der Waals surface area contributed by atoms with Crippen LogP contribution in [0.1, 0.15) is 0 Å². The molecule has 0 aromatic rings. The van der Waals surface area contributed by atoms with E-state index in [1.807, 2.05) is 0 Å². The largest absolute Gasteiger partial charge is 0.324 e. The molecule has 3 N–H and O–H groups in total. The highest BCUT2D eigenvalue weighted by molar-refractivity contribution is 5.34. The Labute approximate surface area is 61.4 Å². The van der Waals surface area contributed by atoms with E-state index in [0.717, 1.165) is 5.57 Å². The van der Waals surface area contributed by atoms with Gasteiger partial charge in [-0.3, -0.25) is 5.84 Å². The van der Waals surface area contributed by atoms with Crippen LogP contribution in [0.4, 0.5) is 0 Å². The second-order valence-corrected chi connectivity index (χ2v) is 1.74. The standard InChI is InChI=1S/C8H12N2/c1-4-5-6-7(2)8(3)10-9/h4-6,10H,1-3,9H2/b6-5-. The minimum absolute atomic E-state index is 0.609. The Balaban J connectivity index is 3.97. The lowest BCUT2D eigenvalue weighted by molar-refractivity contribution is 0.910. The molecule has 0 amide bonds. The Hall–Kier alpha value is -1.28. The first-order valence-electron chi connectivity index (χ1n) is 2.86. The summed E-state index contributed by atoms with van der Waals surface area (Å²) >= 11 is 0. The number of rotatable bonds is 4. The van der Waals surface area contributed by atoms with Crippen LogP contribution in [0.2, 0.25) is 0 Å². The summed E-state index contributed by atoms with van der Waals surface area (Å²) < 4.78 is 0. The molecule has 0 radical (unpaired) electrons. The Bertz CT molecular complexity index is 178. The third-order valence-electron chi connectivity index (χ3n) is 0.995. The van der Waals surface area contributed by atoms with Gasteiger partial charge < -0.3 is 5.43 Å². The van der Waals surface area contributed by atoms with Crippen molar-refractivity contribution in [3.63, 3.8) is 0 Å². The molecule has 10 heavy (non-hydrogen) atoms. The molecule has 2 nitrogen and oxygen atoms in total. The van der Waals surface area contributed by atoms with Crippen LogP contribution >= 0.6 is 0 Å². The fourth-order valence-corrected chi connectivity index (χ4v) is 0.377. The summed E-state index contributed by atoms with van der Waals surface area (Å²) in [6.45, 7) is 10.8. The van der Waals surface area contributed by atoms with Gasteiger partial charge in [-0.05, 0) is 5.57 Å². The maximum absolute atomic E-state index is 5.07. The van der Waals surface area contributed by atoms with Crippen molar-refractivity contribution in [1.29, 1.82) is 0 Å². The third-order valence-corrected chi connectivity index (χ3v) is 0.995. The lowest BCUT2D eigenvalue weighted by Crippen LogP contribution is -2.20. The predicted octanol–water partition coefficient (Wildman–Crippen LogP) is 1.26. The van der Waals surface area contributed by atoms with Gasteiger partial charge in [-0.25, -0.2) is 0 Å². The summed E-state index contributed by atoms with van der Waals surface area (Å²) in [4.78, 5) is 0. The van der Waals surface area contributed by atoms with E-state index in [4.69, 9.17) is 5.84 Å². The normalized spacial score (nSPS) is 9.30. The maximum atomic E-state index is 5.07. The summed E-state index contributed by atoms with van der Waals surface area (Å²) in [7, 11) is 0. The highest BCUT2D eigenvalue weighted by Crippen LogP contribution is 2.00. The topological polar surface area (TPSA) is 38.0 Å². The molecule has 0 aliphatic carbocycles. The number of hydrazine groups is 1. The minimum atomic E-state index is 0.609. The van der Waals surface area contributed by atoms with E-state index >= 15 is 0 Å².